The Morgan fingerprint density at radius 2 is 2.06 bits per heavy atom. The molecule has 2 aliphatic rings. The fraction of sp³-hybridized carbons (Fsp3) is 0.846. The number of amides is 2. The van der Waals surface area contributed by atoms with Gasteiger partial charge in [0.25, 0.3) is 0 Å². The maximum atomic E-state index is 12.3. The van der Waals surface area contributed by atoms with Crippen molar-refractivity contribution in [1.29, 1.82) is 0 Å². The number of carbonyl (C=O) groups is 2. The van der Waals surface area contributed by atoms with Crippen molar-refractivity contribution in [3.63, 3.8) is 0 Å². The highest BCUT2D eigenvalue weighted by Gasteiger charge is 2.40. The topological polar surface area (TPSA) is 49.4 Å². The molecule has 2 amide bonds. The van der Waals surface area contributed by atoms with E-state index in [2.05, 4.69) is 12.2 Å². The zero-order valence-corrected chi connectivity index (χ0v) is 10.6. The number of rotatable bonds is 5. The van der Waals surface area contributed by atoms with Crippen molar-refractivity contribution >= 4 is 11.8 Å². The SMILES string of the molecule is CCCCCN1CCC(=O)NC(C2CC2)C1=O. The van der Waals surface area contributed by atoms with E-state index >= 15 is 0 Å². The molecule has 1 saturated heterocycles. The molecule has 96 valence electrons. The van der Waals surface area contributed by atoms with Gasteiger partial charge in [-0.25, -0.2) is 0 Å². The third kappa shape index (κ3) is 3.20. The van der Waals surface area contributed by atoms with Gasteiger partial charge in [-0.3, -0.25) is 9.59 Å². The van der Waals surface area contributed by atoms with E-state index in [9.17, 15) is 9.59 Å². The summed E-state index contributed by atoms with van der Waals surface area (Å²) in [6.07, 6.45) is 5.98. The van der Waals surface area contributed by atoms with Crippen LogP contribution in [0.2, 0.25) is 0 Å². The minimum Gasteiger partial charge on any atom is -0.344 e. The maximum Gasteiger partial charge on any atom is 0.245 e. The lowest BCUT2D eigenvalue weighted by Gasteiger charge is -2.23. The van der Waals surface area contributed by atoms with Crippen molar-refractivity contribution in [2.24, 2.45) is 5.92 Å². The van der Waals surface area contributed by atoms with Gasteiger partial charge >= 0.3 is 0 Å². The average molecular weight is 238 g/mol. The smallest absolute Gasteiger partial charge is 0.245 e. The van der Waals surface area contributed by atoms with Gasteiger partial charge in [0, 0.05) is 19.5 Å². The van der Waals surface area contributed by atoms with E-state index in [1.165, 1.54) is 0 Å². The molecule has 1 unspecified atom stereocenters. The number of unbranched alkanes of at least 4 members (excludes halogenated alkanes) is 2. The zero-order chi connectivity index (χ0) is 12.3. The molecule has 2 fully saturated rings. The Hall–Kier alpha value is -1.06. The summed E-state index contributed by atoms with van der Waals surface area (Å²) in [5.41, 5.74) is 0. The number of hydrogen-bond donors (Lipinski definition) is 1. The molecule has 1 aliphatic carbocycles. The van der Waals surface area contributed by atoms with E-state index in [4.69, 9.17) is 0 Å². The van der Waals surface area contributed by atoms with Crippen LogP contribution >= 0.6 is 0 Å². The first-order valence-electron chi connectivity index (χ1n) is 6.80. The molecule has 4 heteroatoms. The first kappa shape index (κ1) is 12.4. The first-order chi connectivity index (χ1) is 8.22. The zero-order valence-electron chi connectivity index (χ0n) is 10.6. The lowest BCUT2D eigenvalue weighted by atomic mass is 10.1. The van der Waals surface area contributed by atoms with Gasteiger partial charge in [0.2, 0.25) is 11.8 Å². The summed E-state index contributed by atoms with van der Waals surface area (Å²) >= 11 is 0. The lowest BCUT2D eigenvalue weighted by molar-refractivity contribution is -0.134. The molecular weight excluding hydrogens is 216 g/mol. The standard InChI is InChI=1S/C13H22N2O2/c1-2-3-4-8-15-9-7-11(16)14-12(13(15)17)10-5-6-10/h10,12H,2-9H2,1H3,(H,14,16). The van der Waals surface area contributed by atoms with Crippen LogP contribution in [0.3, 0.4) is 0 Å². The molecule has 1 N–H and O–H groups in total. The molecule has 0 radical (unpaired) electrons. The number of hydrogen-bond acceptors (Lipinski definition) is 2. The van der Waals surface area contributed by atoms with Gasteiger partial charge in [-0.05, 0) is 25.2 Å². The molecule has 0 aromatic carbocycles. The van der Waals surface area contributed by atoms with E-state index < -0.39 is 0 Å². The molecule has 1 saturated carbocycles. The quantitative estimate of drug-likeness (QED) is 0.734. The highest BCUT2D eigenvalue weighted by Crippen LogP contribution is 2.34. The molecule has 0 bridgehead atoms. The van der Waals surface area contributed by atoms with Crippen molar-refractivity contribution in [1.82, 2.24) is 10.2 Å². The molecule has 0 aromatic heterocycles. The summed E-state index contributed by atoms with van der Waals surface area (Å²) in [6, 6.07) is -0.230. The second-order valence-corrected chi connectivity index (χ2v) is 5.17. The molecule has 0 spiro atoms. The van der Waals surface area contributed by atoms with Crippen molar-refractivity contribution in [2.45, 2.75) is 51.5 Å². The number of carbonyl (C=O) groups excluding carboxylic acids is 2. The predicted octanol–water partition coefficient (Wildman–Crippen LogP) is 1.30. The number of nitrogens with zero attached hydrogens (tertiary/aromatic N) is 1. The highest BCUT2D eigenvalue weighted by atomic mass is 16.2. The second kappa shape index (κ2) is 5.52. The van der Waals surface area contributed by atoms with E-state index in [1.54, 1.807) is 0 Å². The third-order valence-electron chi connectivity index (χ3n) is 3.63. The van der Waals surface area contributed by atoms with Crippen LogP contribution in [0.15, 0.2) is 0 Å². The summed E-state index contributed by atoms with van der Waals surface area (Å²) in [7, 11) is 0. The monoisotopic (exact) mass is 238 g/mol. The fourth-order valence-electron chi connectivity index (χ4n) is 2.37. The summed E-state index contributed by atoms with van der Waals surface area (Å²) in [5, 5.41) is 2.88. The van der Waals surface area contributed by atoms with Crippen LogP contribution in [-0.4, -0.2) is 35.8 Å². The Labute approximate surface area is 103 Å². The van der Waals surface area contributed by atoms with E-state index in [-0.39, 0.29) is 17.9 Å². The fourth-order valence-corrected chi connectivity index (χ4v) is 2.37. The van der Waals surface area contributed by atoms with E-state index in [0.29, 0.717) is 18.9 Å². The minimum atomic E-state index is -0.230. The van der Waals surface area contributed by atoms with Crippen molar-refractivity contribution < 1.29 is 9.59 Å². The van der Waals surface area contributed by atoms with Gasteiger partial charge in [0.15, 0.2) is 0 Å². The normalized spacial score (nSPS) is 25.7. The average Bonchev–Trinajstić information content (AvgIpc) is 3.13. The van der Waals surface area contributed by atoms with Gasteiger partial charge in [0.1, 0.15) is 6.04 Å². The van der Waals surface area contributed by atoms with Crippen molar-refractivity contribution in [3.8, 4) is 0 Å². The Morgan fingerprint density at radius 3 is 2.71 bits per heavy atom. The Bertz CT molecular complexity index is 300. The van der Waals surface area contributed by atoms with Crippen LogP contribution in [0.5, 0.6) is 0 Å². The molecule has 2 rings (SSSR count). The number of nitrogens with one attached hydrogen (secondary N) is 1. The van der Waals surface area contributed by atoms with Crippen molar-refractivity contribution in [3.05, 3.63) is 0 Å². The highest BCUT2D eigenvalue weighted by molar-refractivity contribution is 5.90. The van der Waals surface area contributed by atoms with Crippen LogP contribution in [0.4, 0.5) is 0 Å². The van der Waals surface area contributed by atoms with Gasteiger partial charge in [0.05, 0.1) is 0 Å². The van der Waals surface area contributed by atoms with Gasteiger partial charge in [-0.2, -0.15) is 0 Å². The molecule has 17 heavy (non-hydrogen) atoms. The summed E-state index contributed by atoms with van der Waals surface area (Å²) < 4.78 is 0. The Kier molecular flexibility index (Phi) is 4.02. The maximum absolute atomic E-state index is 12.3. The largest absolute Gasteiger partial charge is 0.344 e. The molecular formula is C13H22N2O2. The predicted molar refractivity (Wildman–Crippen MR) is 65.4 cm³/mol. The Morgan fingerprint density at radius 1 is 1.29 bits per heavy atom. The molecule has 1 aliphatic heterocycles. The molecule has 0 aromatic rings. The summed E-state index contributed by atoms with van der Waals surface area (Å²) in [5.74, 6) is 0.584. The van der Waals surface area contributed by atoms with Crippen LogP contribution in [0.1, 0.15) is 45.4 Å². The molecule has 4 nitrogen and oxygen atoms in total. The van der Waals surface area contributed by atoms with Crippen molar-refractivity contribution in [2.75, 3.05) is 13.1 Å². The van der Waals surface area contributed by atoms with E-state index in [0.717, 1.165) is 38.6 Å². The third-order valence-corrected chi connectivity index (χ3v) is 3.63. The Balaban J connectivity index is 1.94. The minimum absolute atomic E-state index is 0.0354. The van der Waals surface area contributed by atoms with E-state index in [1.807, 2.05) is 4.90 Å². The molecule has 1 atom stereocenters. The second-order valence-electron chi connectivity index (χ2n) is 5.17. The lowest BCUT2D eigenvalue weighted by Crippen LogP contribution is -2.46. The van der Waals surface area contributed by atoms with Gasteiger partial charge in [-0.15, -0.1) is 0 Å². The first-order valence-corrected chi connectivity index (χ1v) is 6.80. The summed E-state index contributed by atoms with van der Waals surface area (Å²) in [6.45, 7) is 3.56. The van der Waals surface area contributed by atoms with Crippen LogP contribution in [-0.2, 0) is 9.59 Å². The molecule has 1 heterocycles. The van der Waals surface area contributed by atoms with Crippen LogP contribution in [0.25, 0.3) is 0 Å². The van der Waals surface area contributed by atoms with Crippen LogP contribution in [0, 0.1) is 5.92 Å². The van der Waals surface area contributed by atoms with Crippen LogP contribution < -0.4 is 5.32 Å². The summed E-state index contributed by atoms with van der Waals surface area (Å²) in [4.78, 5) is 25.7. The van der Waals surface area contributed by atoms with Gasteiger partial charge < -0.3 is 10.2 Å². The van der Waals surface area contributed by atoms with Gasteiger partial charge in [-0.1, -0.05) is 19.8 Å².